The van der Waals surface area contributed by atoms with Crippen LogP contribution in [0, 0.1) is 0 Å². The molecule has 4 aliphatic rings. The summed E-state index contributed by atoms with van der Waals surface area (Å²) < 4.78 is 21.8. The summed E-state index contributed by atoms with van der Waals surface area (Å²) in [5.74, 6) is -1.93. The summed E-state index contributed by atoms with van der Waals surface area (Å²) in [5.41, 5.74) is -2.19. The van der Waals surface area contributed by atoms with Crippen molar-refractivity contribution in [1.29, 1.82) is 0 Å². The van der Waals surface area contributed by atoms with Gasteiger partial charge in [-0.15, -0.1) is 0 Å². The molecule has 6 rings (SSSR count). The average molecular weight is 835 g/mol. The number of ketones is 1. The molecule has 3 fully saturated rings. The lowest BCUT2D eigenvalue weighted by Gasteiger charge is -2.54. The van der Waals surface area contributed by atoms with E-state index in [-0.39, 0.29) is 57.1 Å². The molecule has 0 radical (unpaired) electrons. The first-order chi connectivity index (χ1) is 28.5. The van der Waals surface area contributed by atoms with Gasteiger partial charge < -0.3 is 40.2 Å². The third kappa shape index (κ3) is 9.82. The Morgan fingerprint density at radius 3 is 1.86 bits per heavy atom. The minimum Gasteiger partial charge on any atom is -0.499 e. The van der Waals surface area contributed by atoms with Crippen LogP contribution in [0.4, 0.5) is 11.4 Å². The highest BCUT2D eigenvalue weighted by atomic mass is 35.5. The van der Waals surface area contributed by atoms with Crippen LogP contribution in [0.3, 0.4) is 0 Å². The number of halogens is 1. The fourth-order valence-electron chi connectivity index (χ4n) is 7.55. The molecule has 316 valence electrons. The summed E-state index contributed by atoms with van der Waals surface area (Å²) in [6.07, 6.45) is 2.96. The van der Waals surface area contributed by atoms with Gasteiger partial charge in [-0.2, -0.15) is 10.2 Å². The van der Waals surface area contributed by atoms with Crippen LogP contribution in [0.1, 0.15) is 57.3 Å². The first-order valence-electron chi connectivity index (χ1n) is 19.7. The Morgan fingerprint density at radius 2 is 1.37 bits per heavy atom. The predicted octanol–water partition coefficient (Wildman–Crippen LogP) is 3.15. The number of hydrogen-bond donors (Lipinski definition) is 4. The summed E-state index contributed by atoms with van der Waals surface area (Å²) in [4.78, 5) is 71.2. The monoisotopic (exact) mass is 834 g/mol. The highest BCUT2D eigenvalue weighted by Gasteiger charge is 2.74. The molecule has 2 unspecified atom stereocenters. The second-order valence-electron chi connectivity index (χ2n) is 14.6. The van der Waals surface area contributed by atoms with E-state index in [2.05, 4.69) is 41.3 Å². The maximum absolute atomic E-state index is 13.5. The molecule has 4 amide bonds. The van der Waals surface area contributed by atoms with Crippen LogP contribution in [0.5, 0.6) is 0 Å². The first-order valence-corrected chi connectivity index (χ1v) is 20.1. The van der Waals surface area contributed by atoms with Crippen LogP contribution in [0.25, 0.3) is 0 Å². The lowest BCUT2D eigenvalue weighted by atomic mass is 9.62. The molecule has 3 aliphatic heterocycles. The summed E-state index contributed by atoms with van der Waals surface area (Å²) in [6, 6.07) is 10.6. The number of carbonyl (C=O) groups excluding carboxylic acids is 5. The molecule has 0 aromatic heterocycles. The van der Waals surface area contributed by atoms with Gasteiger partial charge >= 0.3 is 0 Å². The van der Waals surface area contributed by atoms with Crippen molar-refractivity contribution in [2.45, 2.75) is 37.3 Å². The quantitative estimate of drug-likeness (QED) is 0.0790. The molecule has 4 N–H and O–H groups in total. The van der Waals surface area contributed by atoms with E-state index in [0.717, 1.165) is 52.1 Å². The zero-order valence-corrected chi connectivity index (χ0v) is 34.3. The number of azo groups is 1. The summed E-state index contributed by atoms with van der Waals surface area (Å²) in [6.45, 7) is 9.94. The topological polar surface area (TPSA) is 202 Å². The van der Waals surface area contributed by atoms with Gasteiger partial charge in [-0.3, -0.25) is 33.8 Å². The number of carbonyl (C=O) groups is 5. The van der Waals surface area contributed by atoms with Gasteiger partial charge in [-0.05, 0) is 75.3 Å². The van der Waals surface area contributed by atoms with E-state index in [9.17, 15) is 24.0 Å². The summed E-state index contributed by atoms with van der Waals surface area (Å²) in [7, 11) is 2.83. The molecule has 17 nitrogen and oxygen atoms in total. The molecular formula is C41H51ClN8O9. The van der Waals surface area contributed by atoms with E-state index in [4.69, 9.17) is 30.5 Å². The van der Waals surface area contributed by atoms with Crippen LogP contribution in [0.15, 0.2) is 75.3 Å². The number of amides is 4. The standard InChI is InChI=1S/C41H51ClN8O9/c1-27(51)41(39(55)46-40(41)26-34(56-2)33(42)25-35(40)57-3)48-47-31-8-6-28(7-9-31)38(54)45-32-23-29(36(52)43-10-4-12-49-14-18-58-19-15-49)22-30(24-32)37(53)44-11-5-13-50-16-20-59-21-17-50/h6-9,22-25H,4-5,10-21,26H2,1-3H3,(H,43,52)(H,44,53)(H,45,54)(H,46,55). The smallest absolute Gasteiger partial charge is 0.261 e. The number of rotatable bonds is 17. The average Bonchev–Trinajstić information content (AvgIpc) is 3.24. The van der Waals surface area contributed by atoms with Gasteiger partial charge in [0.1, 0.15) is 17.1 Å². The number of anilines is 1. The number of nitrogens with one attached hydrogen (secondary N) is 4. The molecule has 2 atom stereocenters. The van der Waals surface area contributed by atoms with Gasteiger partial charge in [0.05, 0.1) is 51.4 Å². The van der Waals surface area contributed by atoms with Crippen molar-refractivity contribution < 1.29 is 42.9 Å². The second kappa shape index (κ2) is 19.7. The van der Waals surface area contributed by atoms with Crippen LogP contribution < -0.4 is 21.3 Å². The number of hydrogen-bond acceptors (Lipinski definition) is 13. The van der Waals surface area contributed by atoms with Gasteiger partial charge in [-0.25, -0.2) is 0 Å². The maximum atomic E-state index is 13.5. The number of nitrogens with zero attached hydrogens (tertiary/aromatic N) is 4. The van der Waals surface area contributed by atoms with Crippen molar-refractivity contribution in [3.63, 3.8) is 0 Å². The number of morpholine rings is 2. The highest BCUT2D eigenvalue weighted by Crippen LogP contribution is 2.50. The van der Waals surface area contributed by atoms with E-state index in [1.165, 1.54) is 69.7 Å². The number of β-lactam (4-membered cyclic amide) rings is 1. The van der Waals surface area contributed by atoms with Crippen LogP contribution in [0.2, 0.25) is 0 Å². The lowest BCUT2D eigenvalue weighted by molar-refractivity contribution is -0.153. The minimum atomic E-state index is -1.97. The van der Waals surface area contributed by atoms with Crippen LogP contribution in [-0.2, 0) is 28.5 Å². The largest absolute Gasteiger partial charge is 0.499 e. The van der Waals surface area contributed by atoms with E-state index in [0.29, 0.717) is 45.3 Å². The zero-order chi connectivity index (χ0) is 42.0. The molecule has 1 aliphatic carbocycles. The van der Waals surface area contributed by atoms with Crippen LogP contribution >= 0.6 is 11.6 Å². The Kier molecular flexibility index (Phi) is 14.5. The Labute approximate surface area is 347 Å². The Balaban J connectivity index is 1.14. The van der Waals surface area contributed by atoms with Crippen molar-refractivity contribution in [3.8, 4) is 0 Å². The van der Waals surface area contributed by atoms with Crippen molar-refractivity contribution in [2.24, 2.45) is 10.2 Å². The van der Waals surface area contributed by atoms with Gasteiger partial charge in [0, 0.05) is 74.1 Å². The summed E-state index contributed by atoms with van der Waals surface area (Å²) >= 11 is 6.34. The number of Topliss-reactive ketones (excluding diaryl/α,β-unsaturated/α-hetero) is 1. The van der Waals surface area contributed by atoms with Gasteiger partial charge in [0.25, 0.3) is 23.6 Å². The number of methoxy groups -OCH3 is 2. The third-order valence-corrected chi connectivity index (χ3v) is 11.2. The lowest BCUT2D eigenvalue weighted by Crippen LogP contribution is -2.84. The second-order valence-corrected chi connectivity index (χ2v) is 15.0. The maximum Gasteiger partial charge on any atom is 0.261 e. The van der Waals surface area contributed by atoms with Crippen molar-refractivity contribution >= 4 is 52.4 Å². The van der Waals surface area contributed by atoms with Crippen molar-refractivity contribution in [3.05, 3.63) is 81.8 Å². The predicted molar refractivity (Wildman–Crippen MR) is 218 cm³/mol. The van der Waals surface area contributed by atoms with E-state index < -0.39 is 28.7 Å². The van der Waals surface area contributed by atoms with Crippen LogP contribution in [-0.4, -0.2) is 143 Å². The molecule has 59 heavy (non-hydrogen) atoms. The summed E-state index contributed by atoms with van der Waals surface area (Å²) in [5, 5.41) is 20.3. The SMILES string of the molecule is COC1=CC(Cl)=C(OC)CC12NC(=O)C2(N=Nc1ccc(C(=O)Nc2cc(C(=O)NCCCN3CCOCC3)cc(C(=O)NCCCN3CCOCC3)c2)cc1)C(C)=O. The van der Waals surface area contributed by atoms with Gasteiger partial charge in [0.15, 0.2) is 5.78 Å². The number of allylic oxidation sites excluding steroid dienone is 2. The molecule has 0 bridgehead atoms. The Morgan fingerprint density at radius 1 is 0.814 bits per heavy atom. The Hall–Kier alpha value is -5.20. The molecule has 1 spiro atoms. The molecule has 18 heteroatoms. The fourth-order valence-corrected chi connectivity index (χ4v) is 7.80. The molecule has 3 heterocycles. The van der Waals surface area contributed by atoms with Gasteiger partial charge in [-0.1, -0.05) is 11.6 Å². The molecule has 2 aromatic rings. The molecular weight excluding hydrogens is 784 g/mol. The Bertz CT molecular complexity index is 1930. The number of ether oxygens (including phenoxy) is 4. The van der Waals surface area contributed by atoms with Crippen molar-refractivity contribution in [1.82, 2.24) is 25.8 Å². The zero-order valence-electron chi connectivity index (χ0n) is 33.6. The number of benzene rings is 2. The van der Waals surface area contributed by atoms with Crippen molar-refractivity contribution in [2.75, 3.05) is 98.3 Å². The minimum absolute atomic E-state index is 0.00154. The molecule has 3 saturated heterocycles. The highest BCUT2D eigenvalue weighted by molar-refractivity contribution is 6.32. The van der Waals surface area contributed by atoms with E-state index in [1.807, 2.05) is 0 Å². The molecule has 2 aromatic carbocycles. The van der Waals surface area contributed by atoms with E-state index in [1.54, 1.807) is 0 Å². The van der Waals surface area contributed by atoms with Gasteiger partial charge in [0.2, 0.25) is 5.54 Å². The first kappa shape index (κ1) is 43.4. The third-order valence-electron chi connectivity index (χ3n) is 10.9. The van der Waals surface area contributed by atoms with E-state index >= 15 is 0 Å². The molecule has 0 saturated carbocycles. The normalized spacial score (nSPS) is 22.3. The fraction of sp³-hybridized carbons (Fsp3) is 0.488.